The molecular weight excluding hydrogens is 316 g/mol. The average molecular weight is 342 g/mol. The highest BCUT2D eigenvalue weighted by atomic mass is 16.2. The third-order valence-corrected chi connectivity index (χ3v) is 4.69. The molecule has 0 atom stereocenters. The molecular formula is C19H26N4O2. The molecule has 6 nitrogen and oxygen atoms in total. The van der Waals surface area contributed by atoms with Gasteiger partial charge in [0.25, 0.3) is 0 Å². The van der Waals surface area contributed by atoms with Crippen LogP contribution in [0.3, 0.4) is 0 Å². The maximum atomic E-state index is 12.7. The first-order valence-electron chi connectivity index (χ1n) is 9.07. The van der Waals surface area contributed by atoms with Crippen LogP contribution < -0.4 is 0 Å². The van der Waals surface area contributed by atoms with E-state index < -0.39 is 0 Å². The second-order valence-electron chi connectivity index (χ2n) is 6.72. The largest absolute Gasteiger partial charge is 0.342 e. The van der Waals surface area contributed by atoms with Crippen molar-refractivity contribution in [2.45, 2.75) is 39.5 Å². The predicted molar refractivity (Wildman–Crippen MR) is 97.2 cm³/mol. The number of carbonyl (C=O) groups is 2. The number of nitrogens with zero attached hydrogens (tertiary/aromatic N) is 3. The molecule has 0 spiro atoms. The first kappa shape index (κ1) is 17.5. The lowest BCUT2D eigenvalue weighted by molar-refractivity contribution is -0.133. The molecule has 25 heavy (non-hydrogen) atoms. The van der Waals surface area contributed by atoms with Crippen LogP contribution in [0.2, 0.25) is 0 Å². The molecule has 2 amide bonds. The molecule has 1 saturated heterocycles. The molecule has 1 fully saturated rings. The Morgan fingerprint density at radius 1 is 1.12 bits per heavy atom. The standard InChI is InChI=1S/C19H26N4O2/c1-3-5-18(24)22-8-4-9-23(11-10-22)19(25)13-15-6-7-16-17(12-15)21-14(2)20-16/h6-7,12H,3-5,8-11,13H2,1-2H3,(H,20,21). The average Bonchev–Trinajstić information content (AvgIpc) is 2.79. The van der Waals surface area contributed by atoms with E-state index in [1.165, 1.54) is 0 Å². The number of benzene rings is 1. The Morgan fingerprint density at radius 2 is 1.84 bits per heavy atom. The van der Waals surface area contributed by atoms with E-state index in [9.17, 15) is 9.59 Å². The highest BCUT2D eigenvalue weighted by Crippen LogP contribution is 2.15. The number of amides is 2. The number of H-pyrrole nitrogens is 1. The Morgan fingerprint density at radius 3 is 2.56 bits per heavy atom. The summed E-state index contributed by atoms with van der Waals surface area (Å²) in [7, 11) is 0. The Labute approximate surface area is 148 Å². The Bertz CT molecular complexity index is 768. The summed E-state index contributed by atoms with van der Waals surface area (Å²) in [5.41, 5.74) is 2.88. The summed E-state index contributed by atoms with van der Waals surface area (Å²) in [5.74, 6) is 1.21. The summed E-state index contributed by atoms with van der Waals surface area (Å²) < 4.78 is 0. The van der Waals surface area contributed by atoms with Crippen molar-refractivity contribution in [3.8, 4) is 0 Å². The van der Waals surface area contributed by atoms with Gasteiger partial charge in [-0.15, -0.1) is 0 Å². The van der Waals surface area contributed by atoms with Gasteiger partial charge in [0, 0.05) is 32.6 Å². The second kappa shape index (κ2) is 7.68. The minimum Gasteiger partial charge on any atom is -0.342 e. The van der Waals surface area contributed by atoms with Gasteiger partial charge in [0.05, 0.1) is 17.5 Å². The predicted octanol–water partition coefficient (Wildman–Crippen LogP) is 2.27. The van der Waals surface area contributed by atoms with E-state index >= 15 is 0 Å². The van der Waals surface area contributed by atoms with Gasteiger partial charge in [0.1, 0.15) is 5.82 Å². The van der Waals surface area contributed by atoms with Crippen molar-refractivity contribution in [1.82, 2.24) is 19.8 Å². The van der Waals surface area contributed by atoms with E-state index in [4.69, 9.17) is 0 Å². The van der Waals surface area contributed by atoms with Gasteiger partial charge >= 0.3 is 0 Å². The maximum Gasteiger partial charge on any atom is 0.227 e. The van der Waals surface area contributed by atoms with Crippen molar-refractivity contribution in [2.75, 3.05) is 26.2 Å². The van der Waals surface area contributed by atoms with Gasteiger partial charge < -0.3 is 14.8 Å². The maximum absolute atomic E-state index is 12.7. The normalized spacial score (nSPS) is 15.4. The van der Waals surface area contributed by atoms with Gasteiger partial charge in [-0.25, -0.2) is 4.98 Å². The van der Waals surface area contributed by atoms with Crippen molar-refractivity contribution < 1.29 is 9.59 Å². The van der Waals surface area contributed by atoms with Crippen LogP contribution in [0.25, 0.3) is 11.0 Å². The zero-order chi connectivity index (χ0) is 17.8. The van der Waals surface area contributed by atoms with Crippen molar-refractivity contribution in [3.63, 3.8) is 0 Å². The summed E-state index contributed by atoms with van der Waals surface area (Å²) in [5, 5.41) is 0. The molecule has 1 aromatic heterocycles. The van der Waals surface area contributed by atoms with Crippen LogP contribution in [0.4, 0.5) is 0 Å². The summed E-state index contributed by atoms with van der Waals surface area (Å²) in [6.45, 7) is 6.68. The fourth-order valence-corrected chi connectivity index (χ4v) is 3.37. The van der Waals surface area contributed by atoms with E-state index in [1.54, 1.807) is 0 Å². The SMILES string of the molecule is CCCC(=O)N1CCCN(C(=O)Cc2ccc3nc(C)[nH]c3c2)CC1. The first-order chi connectivity index (χ1) is 12.1. The number of rotatable bonds is 4. The number of hydrogen-bond acceptors (Lipinski definition) is 3. The Hall–Kier alpha value is -2.37. The summed E-state index contributed by atoms with van der Waals surface area (Å²) in [6.07, 6.45) is 2.70. The first-order valence-corrected chi connectivity index (χ1v) is 9.07. The monoisotopic (exact) mass is 342 g/mol. The number of aromatic nitrogens is 2. The minimum atomic E-state index is 0.125. The zero-order valence-electron chi connectivity index (χ0n) is 15.0. The minimum absolute atomic E-state index is 0.125. The third-order valence-electron chi connectivity index (χ3n) is 4.69. The van der Waals surface area contributed by atoms with E-state index in [-0.39, 0.29) is 11.8 Å². The van der Waals surface area contributed by atoms with Crippen molar-refractivity contribution >= 4 is 22.8 Å². The zero-order valence-corrected chi connectivity index (χ0v) is 15.0. The summed E-state index contributed by atoms with van der Waals surface area (Å²) in [6, 6.07) is 5.92. The van der Waals surface area contributed by atoms with E-state index in [1.807, 2.05) is 41.8 Å². The highest BCUT2D eigenvalue weighted by Gasteiger charge is 2.21. The molecule has 0 aliphatic carbocycles. The molecule has 1 N–H and O–H groups in total. The van der Waals surface area contributed by atoms with Crippen LogP contribution >= 0.6 is 0 Å². The number of aromatic amines is 1. The summed E-state index contributed by atoms with van der Waals surface area (Å²) in [4.78, 5) is 36.1. The smallest absolute Gasteiger partial charge is 0.227 e. The van der Waals surface area contributed by atoms with Crippen LogP contribution in [0, 0.1) is 6.92 Å². The highest BCUT2D eigenvalue weighted by molar-refractivity contribution is 5.82. The number of carbonyl (C=O) groups excluding carboxylic acids is 2. The number of fused-ring (bicyclic) bond motifs is 1. The molecule has 1 aliphatic heterocycles. The van der Waals surface area contributed by atoms with Gasteiger partial charge in [-0.3, -0.25) is 9.59 Å². The molecule has 3 rings (SSSR count). The lowest BCUT2D eigenvalue weighted by Crippen LogP contribution is -2.37. The second-order valence-corrected chi connectivity index (χ2v) is 6.72. The summed E-state index contributed by atoms with van der Waals surface area (Å²) >= 11 is 0. The third kappa shape index (κ3) is 4.18. The molecule has 134 valence electrons. The Balaban J connectivity index is 1.61. The fraction of sp³-hybridized carbons (Fsp3) is 0.526. The number of nitrogens with one attached hydrogen (secondary N) is 1. The van der Waals surface area contributed by atoms with E-state index in [0.717, 1.165) is 48.4 Å². The molecule has 0 bridgehead atoms. The van der Waals surface area contributed by atoms with Crippen molar-refractivity contribution in [3.05, 3.63) is 29.6 Å². The number of hydrogen-bond donors (Lipinski definition) is 1. The van der Waals surface area contributed by atoms with Crippen molar-refractivity contribution in [1.29, 1.82) is 0 Å². The van der Waals surface area contributed by atoms with E-state index in [0.29, 0.717) is 25.9 Å². The molecule has 6 heteroatoms. The van der Waals surface area contributed by atoms with Crippen LogP contribution in [0.15, 0.2) is 18.2 Å². The molecule has 0 radical (unpaired) electrons. The van der Waals surface area contributed by atoms with Crippen LogP contribution in [0.5, 0.6) is 0 Å². The van der Waals surface area contributed by atoms with Gasteiger partial charge in [0.15, 0.2) is 0 Å². The number of aryl methyl sites for hydroxylation is 1. The van der Waals surface area contributed by atoms with Gasteiger partial charge in [-0.05, 0) is 37.5 Å². The molecule has 2 aromatic rings. The van der Waals surface area contributed by atoms with Crippen LogP contribution in [-0.4, -0.2) is 57.8 Å². The quantitative estimate of drug-likeness (QED) is 0.927. The Kier molecular flexibility index (Phi) is 5.36. The number of imidazole rings is 1. The van der Waals surface area contributed by atoms with Crippen molar-refractivity contribution in [2.24, 2.45) is 0 Å². The molecule has 1 aromatic carbocycles. The fourth-order valence-electron chi connectivity index (χ4n) is 3.37. The van der Waals surface area contributed by atoms with Crippen LogP contribution in [-0.2, 0) is 16.0 Å². The lowest BCUT2D eigenvalue weighted by atomic mass is 10.1. The molecule has 0 unspecified atom stereocenters. The topological polar surface area (TPSA) is 69.3 Å². The van der Waals surface area contributed by atoms with E-state index in [2.05, 4.69) is 9.97 Å². The van der Waals surface area contributed by atoms with Gasteiger partial charge in [-0.2, -0.15) is 0 Å². The van der Waals surface area contributed by atoms with Gasteiger partial charge in [0.2, 0.25) is 11.8 Å². The molecule has 0 saturated carbocycles. The van der Waals surface area contributed by atoms with Gasteiger partial charge in [-0.1, -0.05) is 13.0 Å². The van der Waals surface area contributed by atoms with Crippen LogP contribution in [0.1, 0.15) is 37.6 Å². The molecule has 1 aliphatic rings. The molecule has 2 heterocycles. The lowest BCUT2D eigenvalue weighted by Gasteiger charge is -2.22.